The van der Waals surface area contributed by atoms with E-state index in [1.807, 2.05) is 23.6 Å². The molecule has 5 nitrogen and oxygen atoms in total. The summed E-state index contributed by atoms with van der Waals surface area (Å²) in [5.41, 5.74) is 5.14. The van der Waals surface area contributed by atoms with Gasteiger partial charge in [0.1, 0.15) is 6.04 Å². The molecule has 0 aliphatic carbocycles. The van der Waals surface area contributed by atoms with Gasteiger partial charge in [-0.2, -0.15) is 0 Å². The molecule has 29 heavy (non-hydrogen) atoms. The number of carbonyl (C=O) groups excluding carboxylic acids is 1. The Morgan fingerprint density at radius 3 is 2.72 bits per heavy atom. The minimum atomic E-state index is -0.886. The molecule has 0 fully saturated rings. The quantitative estimate of drug-likeness (QED) is 0.514. The Bertz CT molecular complexity index is 1000. The summed E-state index contributed by atoms with van der Waals surface area (Å²) in [6.07, 6.45) is -0.886. The molecule has 0 unspecified atom stereocenters. The van der Waals surface area contributed by atoms with Crippen molar-refractivity contribution in [3.05, 3.63) is 69.6 Å². The molecule has 2 aromatic carbocycles. The minimum Gasteiger partial charge on any atom is -0.391 e. The van der Waals surface area contributed by atoms with Gasteiger partial charge in [0.05, 0.1) is 11.8 Å². The van der Waals surface area contributed by atoms with Crippen LogP contribution in [0.15, 0.2) is 47.8 Å². The van der Waals surface area contributed by atoms with Gasteiger partial charge < -0.3 is 15.7 Å². The predicted octanol–water partition coefficient (Wildman–Crippen LogP) is 4.56. The van der Waals surface area contributed by atoms with Gasteiger partial charge in [-0.1, -0.05) is 47.5 Å². The highest BCUT2D eigenvalue weighted by atomic mass is 35.5. The third-order valence-electron chi connectivity index (χ3n) is 4.56. The van der Waals surface area contributed by atoms with Gasteiger partial charge in [0.25, 0.3) is 0 Å². The van der Waals surface area contributed by atoms with E-state index in [0.29, 0.717) is 16.7 Å². The number of hydrogen-bond acceptors (Lipinski definition) is 5. The summed E-state index contributed by atoms with van der Waals surface area (Å²) >= 11 is 7.39. The van der Waals surface area contributed by atoms with E-state index >= 15 is 0 Å². The first-order valence-corrected chi connectivity index (χ1v) is 10.6. The molecule has 0 aliphatic rings. The van der Waals surface area contributed by atoms with E-state index in [1.165, 1.54) is 16.9 Å². The Labute approximate surface area is 179 Å². The molecule has 3 rings (SSSR count). The maximum atomic E-state index is 12.6. The molecule has 2 atom stereocenters. The summed E-state index contributed by atoms with van der Waals surface area (Å²) < 4.78 is 0. The standard InChI is InChI=1S/C22H24ClN3O2S/c1-13-7-8-18(14(2)9-13)19-12-29-22(25-19)26-20(15(3)27)21(28)24-11-16-5-4-6-17(23)10-16/h4-10,12,15,20,27H,11H2,1-3H3,(H,24,28)(H,25,26)/t15-,20+/m1/s1. The molecule has 3 aromatic rings. The van der Waals surface area contributed by atoms with Gasteiger partial charge >= 0.3 is 0 Å². The summed E-state index contributed by atoms with van der Waals surface area (Å²) in [6, 6.07) is 12.7. The number of aliphatic hydroxyl groups excluding tert-OH is 1. The second kappa shape index (κ2) is 9.39. The summed E-state index contributed by atoms with van der Waals surface area (Å²) in [5.74, 6) is -0.303. The summed E-state index contributed by atoms with van der Waals surface area (Å²) in [6.45, 7) is 6.02. The fourth-order valence-electron chi connectivity index (χ4n) is 3.05. The number of benzene rings is 2. The Kier molecular flexibility index (Phi) is 6.90. The van der Waals surface area contributed by atoms with Crippen molar-refractivity contribution in [3.63, 3.8) is 0 Å². The van der Waals surface area contributed by atoms with Crippen molar-refractivity contribution in [1.29, 1.82) is 0 Å². The van der Waals surface area contributed by atoms with E-state index < -0.39 is 12.1 Å². The van der Waals surface area contributed by atoms with Crippen LogP contribution in [0.3, 0.4) is 0 Å². The van der Waals surface area contributed by atoms with Gasteiger partial charge in [0.15, 0.2) is 5.13 Å². The number of anilines is 1. The van der Waals surface area contributed by atoms with Crippen molar-refractivity contribution in [2.75, 3.05) is 5.32 Å². The third-order valence-corrected chi connectivity index (χ3v) is 5.57. The van der Waals surface area contributed by atoms with Gasteiger partial charge in [-0.3, -0.25) is 4.79 Å². The molecular formula is C22H24ClN3O2S. The molecular weight excluding hydrogens is 406 g/mol. The van der Waals surface area contributed by atoms with Crippen molar-refractivity contribution >= 4 is 34.0 Å². The zero-order valence-corrected chi connectivity index (χ0v) is 18.1. The Morgan fingerprint density at radius 2 is 2.03 bits per heavy atom. The lowest BCUT2D eigenvalue weighted by atomic mass is 10.0. The van der Waals surface area contributed by atoms with Crippen LogP contribution in [0.4, 0.5) is 5.13 Å². The van der Waals surface area contributed by atoms with Crippen LogP contribution >= 0.6 is 22.9 Å². The van der Waals surface area contributed by atoms with E-state index in [9.17, 15) is 9.90 Å². The number of nitrogens with one attached hydrogen (secondary N) is 2. The van der Waals surface area contributed by atoms with Gasteiger partial charge in [-0.05, 0) is 44.0 Å². The van der Waals surface area contributed by atoms with Crippen molar-refractivity contribution in [2.45, 2.75) is 39.5 Å². The maximum absolute atomic E-state index is 12.6. The first kappa shape index (κ1) is 21.3. The summed E-state index contributed by atoms with van der Waals surface area (Å²) in [5, 5.41) is 19.2. The van der Waals surface area contributed by atoms with Crippen molar-refractivity contribution in [1.82, 2.24) is 10.3 Å². The van der Waals surface area contributed by atoms with E-state index in [0.717, 1.165) is 22.4 Å². The lowest BCUT2D eigenvalue weighted by Crippen LogP contribution is -2.45. The van der Waals surface area contributed by atoms with E-state index in [4.69, 9.17) is 11.6 Å². The SMILES string of the molecule is Cc1ccc(-c2csc(N[C@H](C(=O)NCc3cccc(Cl)c3)[C@@H](C)O)n2)c(C)c1. The molecule has 0 aliphatic heterocycles. The Balaban J connectivity index is 1.69. The van der Waals surface area contributed by atoms with Crippen LogP contribution in [-0.2, 0) is 11.3 Å². The van der Waals surface area contributed by atoms with Crippen LogP contribution in [0.2, 0.25) is 5.02 Å². The first-order chi connectivity index (χ1) is 13.8. The summed E-state index contributed by atoms with van der Waals surface area (Å²) in [4.78, 5) is 17.2. The molecule has 1 aromatic heterocycles. The number of amides is 1. The largest absolute Gasteiger partial charge is 0.391 e. The van der Waals surface area contributed by atoms with Crippen LogP contribution in [0, 0.1) is 13.8 Å². The number of rotatable bonds is 7. The number of hydrogen-bond donors (Lipinski definition) is 3. The number of aliphatic hydroxyl groups is 1. The third kappa shape index (κ3) is 5.56. The molecule has 0 radical (unpaired) electrons. The highest BCUT2D eigenvalue weighted by Gasteiger charge is 2.24. The Morgan fingerprint density at radius 1 is 1.24 bits per heavy atom. The Hall–Kier alpha value is -2.41. The summed E-state index contributed by atoms with van der Waals surface area (Å²) in [7, 11) is 0. The van der Waals surface area contributed by atoms with Gasteiger partial charge in [0.2, 0.25) is 5.91 Å². The van der Waals surface area contributed by atoms with E-state index in [1.54, 1.807) is 19.1 Å². The molecule has 3 N–H and O–H groups in total. The average molecular weight is 430 g/mol. The highest BCUT2D eigenvalue weighted by Crippen LogP contribution is 2.28. The van der Waals surface area contributed by atoms with E-state index in [2.05, 4.69) is 41.6 Å². The van der Waals surface area contributed by atoms with Crippen LogP contribution < -0.4 is 10.6 Å². The average Bonchev–Trinajstić information content (AvgIpc) is 3.12. The van der Waals surface area contributed by atoms with Gasteiger partial charge in [-0.25, -0.2) is 4.98 Å². The minimum absolute atomic E-state index is 0.303. The molecule has 1 heterocycles. The predicted molar refractivity (Wildman–Crippen MR) is 119 cm³/mol. The van der Waals surface area contributed by atoms with Crippen LogP contribution in [0.25, 0.3) is 11.3 Å². The zero-order valence-electron chi connectivity index (χ0n) is 16.6. The lowest BCUT2D eigenvalue weighted by Gasteiger charge is -2.20. The molecule has 152 valence electrons. The smallest absolute Gasteiger partial charge is 0.245 e. The number of halogens is 1. The number of aryl methyl sites for hydroxylation is 2. The second-order valence-electron chi connectivity index (χ2n) is 7.07. The van der Waals surface area contributed by atoms with Crippen molar-refractivity contribution in [2.24, 2.45) is 0 Å². The van der Waals surface area contributed by atoms with E-state index in [-0.39, 0.29) is 5.91 Å². The first-order valence-electron chi connectivity index (χ1n) is 9.33. The molecule has 0 saturated heterocycles. The van der Waals surface area contributed by atoms with Crippen LogP contribution in [0.1, 0.15) is 23.6 Å². The molecule has 0 bridgehead atoms. The molecule has 0 saturated carbocycles. The fraction of sp³-hybridized carbons (Fsp3) is 0.273. The van der Waals surface area contributed by atoms with Crippen molar-refractivity contribution < 1.29 is 9.90 Å². The topological polar surface area (TPSA) is 74.2 Å². The van der Waals surface area contributed by atoms with Gasteiger partial charge in [0, 0.05) is 22.5 Å². The van der Waals surface area contributed by atoms with Crippen LogP contribution in [-0.4, -0.2) is 28.1 Å². The molecule has 7 heteroatoms. The highest BCUT2D eigenvalue weighted by molar-refractivity contribution is 7.14. The van der Waals surface area contributed by atoms with Gasteiger partial charge in [-0.15, -0.1) is 11.3 Å². The zero-order chi connectivity index (χ0) is 21.0. The number of nitrogens with zero attached hydrogens (tertiary/aromatic N) is 1. The lowest BCUT2D eigenvalue weighted by molar-refractivity contribution is -0.123. The molecule has 1 amide bonds. The maximum Gasteiger partial charge on any atom is 0.245 e. The normalized spacial score (nSPS) is 13.0. The van der Waals surface area contributed by atoms with Crippen LogP contribution in [0.5, 0.6) is 0 Å². The monoisotopic (exact) mass is 429 g/mol. The number of thiazole rings is 1. The fourth-order valence-corrected chi connectivity index (χ4v) is 4.01. The molecule has 0 spiro atoms. The number of carbonyl (C=O) groups is 1. The van der Waals surface area contributed by atoms with Crippen molar-refractivity contribution in [3.8, 4) is 11.3 Å². The number of aromatic nitrogens is 1. The second-order valence-corrected chi connectivity index (χ2v) is 8.36.